The molecule has 5 heteroatoms. The van der Waals surface area contributed by atoms with Gasteiger partial charge in [0.2, 0.25) is 0 Å². The molecule has 72 valence electrons. The molecule has 1 aromatic carbocycles. The van der Waals surface area contributed by atoms with Crippen LogP contribution in [0.1, 0.15) is 10.4 Å². The zero-order valence-corrected chi connectivity index (χ0v) is 7.27. The van der Waals surface area contributed by atoms with Gasteiger partial charge < -0.3 is 13.6 Å². The van der Waals surface area contributed by atoms with Crippen molar-refractivity contribution >= 4 is 17.1 Å². The maximum atomic E-state index is 11.1. The van der Waals surface area contributed by atoms with E-state index in [4.69, 9.17) is 0 Å². The number of methoxy groups -OCH3 is 1. The summed E-state index contributed by atoms with van der Waals surface area (Å²) in [6, 6.07) is 4.37. The normalized spacial score (nSPS) is 10.4. The van der Waals surface area contributed by atoms with Gasteiger partial charge in [0, 0.05) is 0 Å². The minimum absolute atomic E-state index is 0.234. The number of carbonyl (C=O) groups excluding carboxylic acids is 1. The Morgan fingerprint density at radius 3 is 2.71 bits per heavy atom. The Hall–Kier alpha value is -2.04. The summed E-state index contributed by atoms with van der Waals surface area (Å²) >= 11 is 0. The molecule has 0 saturated carbocycles. The van der Waals surface area contributed by atoms with Crippen LogP contribution in [0, 0.1) is 0 Å². The first-order chi connectivity index (χ1) is 6.70. The number of benzene rings is 1. The highest BCUT2D eigenvalue weighted by Crippen LogP contribution is 2.14. The van der Waals surface area contributed by atoms with E-state index < -0.39 is 11.8 Å². The monoisotopic (exact) mass is 194 g/mol. The van der Waals surface area contributed by atoms with Gasteiger partial charge in [-0.15, -0.1) is 0 Å². The molecule has 14 heavy (non-hydrogen) atoms. The molecular weight excluding hydrogens is 188 g/mol. The van der Waals surface area contributed by atoms with Gasteiger partial charge in [0.15, 0.2) is 11.2 Å². The third kappa shape index (κ3) is 1.28. The number of hydrogen-bond acceptors (Lipinski definition) is 5. The first-order valence-corrected chi connectivity index (χ1v) is 3.83. The van der Waals surface area contributed by atoms with Crippen LogP contribution in [0.3, 0.4) is 0 Å². The fourth-order valence-corrected chi connectivity index (χ4v) is 1.12. The number of carbonyl (C=O) groups is 1. The molecule has 0 aliphatic heterocycles. The zero-order valence-electron chi connectivity index (χ0n) is 7.27. The molecule has 0 amide bonds. The van der Waals surface area contributed by atoms with E-state index in [9.17, 15) is 9.59 Å². The summed E-state index contributed by atoms with van der Waals surface area (Å²) < 4.78 is 13.8. The molecule has 2 aromatic rings. The highest BCUT2D eigenvalue weighted by Gasteiger charge is 2.09. The predicted octanol–water partition coefficient (Wildman–Crippen LogP) is 1.17. The lowest BCUT2D eigenvalue weighted by Crippen LogP contribution is -1.99. The van der Waals surface area contributed by atoms with E-state index in [0.717, 1.165) is 0 Å². The Bertz CT molecular complexity index is 533. The molecule has 0 radical (unpaired) electrons. The molecule has 0 aliphatic rings. The smallest absolute Gasteiger partial charge is 0.465 e. The lowest BCUT2D eigenvalue weighted by Gasteiger charge is -1.96. The molecule has 0 bridgehead atoms. The van der Waals surface area contributed by atoms with Crippen LogP contribution < -0.4 is 5.82 Å². The maximum Gasteiger partial charge on any atom is 0.519 e. The molecule has 0 unspecified atom stereocenters. The highest BCUT2D eigenvalue weighted by atomic mass is 16.6. The van der Waals surface area contributed by atoms with Crippen molar-refractivity contribution in [2.75, 3.05) is 7.11 Å². The largest absolute Gasteiger partial charge is 0.519 e. The average molecular weight is 194 g/mol. The molecule has 0 fully saturated rings. The Morgan fingerprint density at radius 2 is 2.00 bits per heavy atom. The SMILES string of the molecule is COC(=O)c1ccc2oc(=O)oc2c1. The maximum absolute atomic E-state index is 11.1. The van der Waals surface area contributed by atoms with Crippen molar-refractivity contribution < 1.29 is 18.4 Å². The van der Waals surface area contributed by atoms with Crippen molar-refractivity contribution in [2.24, 2.45) is 0 Å². The predicted molar refractivity (Wildman–Crippen MR) is 46.1 cm³/mol. The van der Waals surface area contributed by atoms with E-state index in [0.29, 0.717) is 11.1 Å². The molecule has 1 aromatic heterocycles. The average Bonchev–Trinajstić information content (AvgIpc) is 2.55. The molecule has 2 rings (SSSR count). The molecular formula is C9H6O5. The molecule has 0 spiro atoms. The van der Waals surface area contributed by atoms with Gasteiger partial charge >= 0.3 is 11.8 Å². The second kappa shape index (κ2) is 3.02. The fourth-order valence-electron chi connectivity index (χ4n) is 1.12. The number of fused-ring (bicyclic) bond motifs is 1. The summed E-state index contributed by atoms with van der Waals surface area (Å²) in [4.78, 5) is 21.8. The fraction of sp³-hybridized carbons (Fsp3) is 0.111. The minimum atomic E-state index is -0.790. The third-order valence-electron chi connectivity index (χ3n) is 1.75. The molecule has 0 atom stereocenters. The number of esters is 1. The van der Waals surface area contributed by atoms with Gasteiger partial charge in [0.05, 0.1) is 12.7 Å². The van der Waals surface area contributed by atoms with Crippen molar-refractivity contribution in [3.63, 3.8) is 0 Å². The summed E-state index contributed by atoms with van der Waals surface area (Å²) in [5.41, 5.74) is 0.852. The first kappa shape index (κ1) is 8.55. The van der Waals surface area contributed by atoms with Crippen molar-refractivity contribution in [3.05, 3.63) is 34.4 Å². The Labute approximate surface area is 77.9 Å². The Balaban J connectivity index is 2.61. The van der Waals surface area contributed by atoms with Crippen molar-refractivity contribution in [1.82, 2.24) is 0 Å². The van der Waals surface area contributed by atoms with Crippen LogP contribution in [0.2, 0.25) is 0 Å². The Kier molecular flexibility index (Phi) is 1.85. The van der Waals surface area contributed by atoms with Crippen molar-refractivity contribution in [2.45, 2.75) is 0 Å². The Morgan fingerprint density at radius 1 is 1.29 bits per heavy atom. The van der Waals surface area contributed by atoms with E-state index in [-0.39, 0.29) is 5.58 Å². The first-order valence-electron chi connectivity index (χ1n) is 3.83. The second-order valence-corrected chi connectivity index (χ2v) is 2.61. The van der Waals surface area contributed by atoms with Crippen LogP contribution in [0.25, 0.3) is 11.2 Å². The molecule has 0 N–H and O–H groups in total. The standard InChI is InChI=1S/C9H6O5/c1-12-8(10)5-2-3-6-7(4-5)14-9(11)13-6/h2-4H,1H3. The summed E-state index contributed by atoms with van der Waals surface area (Å²) in [5.74, 6) is -1.28. The lowest BCUT2D eigenvalue weighted by molar-refractivity contribution is 0.0601. The molecule has 1 heterocycles. The lowest BCUT2D eigenvalue weighted by atomic mass is 10.2. The van der Waals surface area contributed by atoms with Crippen molar-refractivity contribution in [1.29, 1.82) is 0 Å². The molecule has 0 aliphatic carbocycles. The van der Waals surface area contributed by atoms with Crippen molar-refractivity contribution in [3.8, 4) is 0 Å². The number of ether oxygens (including phenoxy) is 1. The zero-order chi connectivity index (χ0) is 10.1. The van der Waals surface area contributed by atoms with Gasteiger partial charge in [0.25, 0.3) is 0 Å². The van der Waals surface area contributed by atoms with Crippen LogP contribution in [0.4, 0.5) is 0 Å². The third-order valence-corrected chi connectivity index (χ3v) is 1.75. The van der Waals surface area contributed by atoms with Crippen LogP contribution in [-0.2, 0) is 4.74 Å². The van der Waals surface area contributed by atoms with Crippen LogP contribution >= 0.6 is 0 Å². The van der Waals surface area contributed by atoms with E-state index >= 15 is 0 Å². The van der Waals surface area contributed by atoms with Gasteiger partial charge in [-0.05, 0) is 18.2 Å². The van der Waals surface area contributed by atoms with E-state index in [1.807, 2.05) is 0 Å². The summed E-state index contributed by atoms with van der Waals surface area (Å²) in [5, 5.41) is 0. The van der Waals surface area contributed by atoms with Gasteiger partial charge in [-0.3, -0.25) is 0 Å². The second-order valence-electron chi connectivity index (χ2n) is 2.61. The van der Waals surface area contributed by atoms with Gasteiger partial charge in [-0.2, -0.15) is 0 Å². The van der Waals surface area contributed by atoms with Gasteiger partial charge in [-0.25, -0.2) is 9.59 Å². The number of rotatable bonds is 1. The van der Waals surface area contributed by atoms with Crippen LogP contribution in [0.15, 0.2) is 31.8 Å². The van der Waals surface area contributed by atoms with E-state index in [1.54, 1.807) is 0 Å². The summed E-state index contributed by atoms with van der Waals surface area (Å²) in [6.45, 7) is 0. The van der Waals surface area contributed by atoms with Crippen LogP contribution in [-0.4, -0.2) is 13.1 Å². The van der Waals surface area contributed by atoms with E-state index in [1.165, 1.54) is 25.3 Å². The molecule has 5 nitrogen and oxygen atoms in total. The molecule has 0 saturated heterocycles. The number of hydrogen-bond donors (Lipinski definition) is 0. The highest BCUT2D eigenvalue weighted by molar-refractivity contribution is 5.92. The van der Waals surface area contributed by atoms with E-state index in [2.05, 4.69) is 13.6 Å². The van der Waals surface area contributed by atoms with Crippen LogP contribution in [0.5, 0.6) is 0 Å². The summed E-state index contributed by atoms with van der Waals surface area (Å²) in [7, 11) is 1.28. The van der Waals surface area contributed by atoms with Gasteiger partial charge in [0.1, 0.15) is 0 Å². The topological polar surface area (TPSA) is 69.7 Å². The van der Waals surface area contributed by atoms with Gasteiger partial charge in [-0.1, -0.05) is 0 Å². The minimum Gasteiger partial charge on any atom is -0.465 e. The summed E-state index contributed by atoms with van der Waals surface area (Å²) in [6.07, 6.45) is 0. The quantitative estimate of drug-likeness (QED) is 0.637.